The molecule has 1 aliphatic heterocycles. The van der Waals surface area contributed by atoms with Crippen LogP contribution >= 0.6 is 11.5 Å². The zero-order valence-electron chi connectivity index (χ0n) is 22.2. The van der Waals surface area contributed by atoms with Gasteiger partial charge in [-0.2, -0.15) is 4.37 Å². The first-order valence-corrected chi connectivity index (χ1v) is 16.3. The van der Waals surface area contributed by atoms with Crippen molar-refractivity contribution < 1.29 is 8.42 Å². The Kier molecular flexibility index (Phi) is 7.97. The fourth-order valence-electron chi connectivity index (χ4n) is 6.14. The van der Waals surface area contributed by atoms with Gasteiger partial charge in [-0.3, -0.25) is 4.90 Å². The molecule has 2 fully saturated rings. The number of hydrogen-bond donors (Lipinski definition) is 1. The van der Waals surface area contributed by atoms with Gasteiger partial charge in [-0.15, -0.1) is 0 Å². The molecule has 3 aromatic carbocycles. The summed E-state index contributed by atoms with van der Waals surface area (Å²) in [4.78, 5) is 5.33. The second-order valence-corrected chi connectivity index (χ2v) is 13.4. The van der Waals surface area contributed by atoms with E-state index in [-0.39, 0.29) is 0 Å². The Hall–Kier alpha value is -2.78. The number of hydrogen-bond acceptors (Lipinski definition) is 6. The molecule has 0 bridgehead atoms. The summed E-state index contributed by atoms with van der Waals surface area (Å²) in [7, 11) is -3.57. The number of nitrogens with zero attached hydrogens (tertiary/aromatic N) is 3. The van der Waals surface area contributed by atoms with Crippen LogP contribution in [0, 0.1) is 11.8 Å². The number of nitrogens with one attached hydrogen (secondary N) is 1. The third kappa shape index (κ3) is 6.04. The lowest BCUT2D eigenvalue weighted by Crippen LogP contribution is -2.49. The number of sulfonamides is 1. The van der Waals surface area contributed by atoms with Crippen molar-refractivity contribution in [2.24, 2.45) is 11.8 Å². The molecule has 6 nitrogen and oxygen atoms in total. The zero-order chi connectivity index (χ0) is 26.7. The van der Waals surface area contributed by atoms with E-state index < -0.39 is 10.0 Å². The second-order valence-electron chi connectivity index (χ2n) is 10.8. The third-order valence-electron chi connectivity index (χ3n) is 8.38. The van der Waals surface area contributed by atoms with Crippen molar-refractivity contribution in [2.75, 3.05) is 44.2 Å². The van der Waals surface area contributed by atoms with Crippen LogP contribution in [0.15, 0.2) is 83.8 Å². The van der Waals surface area contributed by atoms with Gasteiger partial charge in [-0.1, -0.05) is 67.4 Å². The number of benzene rings is 3. The van der Waals surface area contributed by atoms with Gasteiger partial charge < -0.3 is 4.90 Å². The Balaban J connectivity index is 1.06. The van der Waals surface area contributed by atoms with Gasteiger partial charge in [0.2, 0.25) is 10.0 Å². The Bertz CT molecular complexity index is 1500. The van der Waals surface area contributed by atoms with Crippen LogP contribution in [0.3, 0.4) is 0 Å². The first-order valence-electron chi connectivity index (χ1n) is 14.0. The van der Waals surface area contributed by atoms with Crippen LogP contribution in [0.25, 0.3) is 21.2 Å². The van der Waals surface area contributed by atoms with Gasteiger partial charge in [-0.05, 0) is 71.6 Å². The Morgan fingerprint density at radius 1 is 0.821 bits per heavy atom. The Labute approximate surface area is 235 Å². The fourth-order valence-corrected chi connectivity index (χ4v) is 8.08. The summed E-state index contributed by atoms with van der Waals surface area (Å²) >= 11 is 1.58. The van der Waals surface area contributed by atoms with E-state index in [1.165, 1.54) is 29.3 Å². The molecule has 1 aromatic heterocycles. The maximum absolute atomic E-state index is 13.3. The van der Waals surface area contributed by atoms with E-state index in [1.54, 1.807) is 23.7 Å². The average molecular weight is 561 g/mol. The van der Waals surface area contributed by atoms with Crippen LogP contribution in [0.2, 0.25) is 0 Å². The lowest BCUT2D eigenvalue weighted by atomic mass is 9.79. The van der Waals surface area contributed by atoms with Crippen molar-refractivity contribution in [3.05, 3.63) is 78.9 Å². The Morgan fingerprint density at radius 2 is 1.54 bits per heavy atom. The molecule has 0 unspecified atom stereocenters. The van der Waals surface area contributed by atoms with E-state index >= 15 is 0 Å². The maximum Gasteiger partial charge on any atom is 0.240 e. The predicted octanol–water partition coefficient (Wildman–Crippen LogP) is 5.87. The lowest BCUT2D eigenvalue weighted by molar-refractivity contribution is 0.147. The standard InChI is InChI=1S/C31H36N4O2S2/c36-39(37,28-14-8-13-25(21-28)24-9-2-1-3-10-24)32-22-26-11-4-5-12-27(26)23-34-17-19-35(20-18-34)31-29-15-6-7-16-30(29)38-33-31/h1-3,6-10,13-16,21,26-27,32H,4-5,11-12,17-20,22-23H2/t26-,27-/m1/s1. The number of piperazine rings is 1. The minimum atomic E-state index is -3.57. The van der Waals surface area contributed by atoms with E-state index in [1.807, 2.05) is 42.5 Å². The summed E-state index contributed by atoms with van der Waals surface area (Å²) in [6, 6.07) is 25.7. The summed E-state index contributed by atoms with van der Waals surface area (Å²) in [6.07, 6.45) is 4.67. The highest BCUT2D eigenvalue weighted by atomic mass is 32.2. The van der Waals surface area contributed by atoms with Crippen molar-refractivity contribution in [3.63, 3.8) is 0 Å². The largest absolute Gasteiger partial charge is 0.353 e. The SMILES string of the molecule is O=S(=O)(NC[C@H]1CCCC[C@@H]1CN1CCN(c2nsc3ccccc23)CC1)c1cccc(-c2ccccc2)c1. The van der Waals surface area contributed by atoms with Crippen molar-refractivity contribution in [1.82, 2.24) is 14.0 Å². The molecular weight excluding hydrogens is 525 g/mol. The topological polar surface area (TPSA) is 65.5 Å². The van der Waals surface area contributed by atoms with Crippen LogP contribution in [0.5, 0.6) is 0 Å². The minimum absolute atomic E-state index is 0.335. The summed E-state index contributed by atoms with van der Waals surface area (Å²) in [6.45, 7) is 5.56. The highest BCUT2D eigenvalue weighted by molar-refractivity contribution is 7.89. The first-order chi connectivity index (χ1) is 19.1. The molecule has 1 aliphatic carbocycles. The van der Waals surface area contributed by atoms with Crippen LogP contribution in [0.4, 0.5) is 5.82 Å². The molecule has 4 aromatic rings. The van der Waals surface area contributed by atoms with E-state index in [4.69, 9.17) is 4.37 Å². The zero-order valence-corrected chi connectivity index (χ0v) is 23.8. The Morgan fingerprint density at radius 3 is 2.36 bits per heavy atom. The molecule has 0 amide bonds. The third-order valence-corrected chi connectivity index (χ3v) is 10.6. The summed E-state index contributed by atoms with van der Waals surface area (Å²) < 4.78 is 35.5. The van der Waals surface area contributed by atoms with Crippen molar-refractivity contribution in [2.45, 2.75) is 30.6 Å². The second kappa shape index (κ2) is 11.8. The molecule has 2 aliphatic rings. The quantitative estimate of drug-likeness (QED) is 0.292. The van der Waals surface area contributed by atoms with Gasteiger partial charge in [0.1, 0.15) is 5.82 Å². The van der Waals surface area contributed by atoms with E-state index in [0.717, 1.165) is 56.1 Å². The van der Waals surface area contributed by atoms with Crippen LogP contribution in [0.1, 0.15) is 25.7 Å². The molecule has 6 rings (SSSR count). The number of rotatable bonds is 8. The smallest absolute Gasteiger partial charge is 0.240 e. The fraction of sp³-hybridized carbons (Fsp3) is 0.387. The number of anilines is 1. The van der Waals surface area contributed by atoms with Crippen molar-refractivity contribution >= 4 is 37.5 Å². The van der Waals surface area contributed by atoms with Gasteiger partial charge >= 0.3 is 0 Å². The number of fused-ring (bicyclic) bond motifs is 1. The molecule has 8 heteroatoms. The van der Waals surface area contributed by atoms with Crippen LogP contribution in [-0.2, 0) is 10.0 Å². The highest BCUT2D eigenvalue weighted by Crippen LogP contribution is 2.33. The van der Waals surface area contributed by atoms with E-state index in [2.05, 4.69) is 38.8 Å². The molecule has 1 N–H and O–H groups in total. The van der Waals surface area contributed by atoms with E-state index in [9.17, 15) is 8.42 Å². The molecule has 204 valence electrons. The monoisotopic (exact) mass is 560 g/mol. The summed E-state index contributed by atoms with van der Waals surface area (Å²) in [5.41, 5.74) is 1.93. The molecule has 2 atom stereocenters. The average Bonchev–Trinajstić information content (AvgIpc) is 3.42. The molecule has 1 saturated carbocycles. The minimum Gasteiger partial charge on any atom is -0.353 e. The van der Waals surface area contributed by atoms with Crippen molar-refractivity contribution in [3.8, 4) is 11.1 Å². The molecule has 0 spiro atoms. The normalized spacial score (nSPS) is 20.9. The van der Waals surface area contributed by atoms with Crippen molar-refractivity contribution in [1.29, 1.82) is 0 Å². The van der Waals surface area contributed by atoms with E-state index in [0.29, 0.717) is 23.3 Å². The molecule has 2 heterocycles. The maximum atomic E-state index is 13.3. The lowest BCUT2D eigenvalue weighted by Gasteiger charge is -2.40. The molecule has 39 heavy (non-hydrogen) atoms. The first kappa shape index (κ1) is 26.4. The molecule has 0 radical (unpaired) electrons. The van der Waals surface area contributed by atoms with Crippen LogP contribution < -0.4 is 9.62 Å². The van der Waals surface area contributed by atoms with Gasteiger partial charge in [-0.25, -0.2) is 13.1 Å². The van der Waals surface area contributed by atoms with Gasteiger partial charge in [0.25, 0.3) is 0 Å². The van der Waals surface area contributed by atoms with Gasteiger partial charge in [0, 0.05) is 44.7 Å². The summed E-state index contributed by atoms with van der Waals surface area (Å²) in [5.74, 6) is 2.01. The highest BCUT2D eigenvalue weighted by Gasteiger charge is 2.30. The van der Waals surface area contributed by atoms with Gasteiger partial charge in [0.05, 0.1) is 9.60 Å². The molecular formula is C31H36N4O2S2. The summed E-state index contributed by atoms with van der Waals surface area (Å²) in [5, 5.41) is 1.25. The molecule has 1 saturated heterocycles. The number of aromatic nitrogens is 1. The van der Waals surface area contributed by atoms with Crippen LogP contribution in [-0.4, -0.2) is 57.0 Å². The predicted molar refractivity (Wildman–Crippen MR) is 161 cm³/mol. The van der Waals surface area contributed by atoms with Gasteiger partial charge in [0.15, 0.2) is 0 Å².